The molecule has 2 N–H and O–H groups in total. The number of aliphatic hydroxyl groups excluding tert-OH is 2. The topological polar surface area (TPSA) is 97.7 Å². The zero-order valence-electron chi connectivity index (χ0n) is 17.8. The van der Waals surface area contributed by atoms with Gasteiger partial charge in [-0.3, -0.25) is 4.90 Å². The van der Waals surface area contributed by atoms with Gasteiger partial charge in [-0.2, -0.15) is 0 Å². The van der Waals surface area contributed by atoms with Crippen LogP contribution in [0.3, 0.4) is 0 Å². The van der Waals surface area contributed by atoms with Crippen molar-refractivity contribution in [3.8, 4) is 0 Å². The van der Waals surface area contributed by atoms with Crippen LogP contribution in [-0.4, -0.2) is 70.4 Å². The van der Waals surface area contributed by atoms with Crippen LogP contribution in [0.15, 0.2) is 22.9 Å². The van der Waals surface area contributed by atoms with E-state index < -0.39 is 29.5 Å². The molecule has 6 heterocycles. The molecule has 5 bridgehead atoms. The third-order valence-corrected chi connectivity index (χ3v) is 8.73. The van der Waals surface area contributed by atoms with Crippen molar-refractivity contribution < 1.29 is 34.0 Å². The smallest absolute Gasteiger partial charge is 0.343 e. The standard InChI is InChI=1S/C22H29NO7/c1-5-12(24)19(25)21-13-6-7-23(21)11-8-14(21)29-22(13)15(11)9(2)17(30-22)18-16(27-4)10(3)20(26)28-18/h9,11-15,19,24-25H,5-8H2,1-4H3/b18-17-/t9?,11?,12?,13?,14?,15?,19?,21?,22-/m1/s1. The molecule has 0 radical (unpaired) electrons. The van der Waals surface area contributed by atoms with E-state index >= 15 is 0 Å². The Morgan fingerprint density at radius 3 is 2.83 bits per heavy atom. The molecule has 10 atom stereocenters. The van der Waals surface area contributed by atoms with Crippen LogP contribution in [0.5, 0.6) is 0 Å². The van der Waals surface area contributed by atoms with Gasteiger partial charge in [0.15, 0.2) is 5.76 Å². The number of hydrogen-bond donors (Lipinski definition) is 2. The van der Waals surface area contributed by atoms with Gasteiger partial charge in [0.05, 0.1) is 36.3 Å². The molecule has 0 aliphatic carbocycles. The minimum absolute atomic E-state index is 0.0257. The van der Waals surface area contributed by atoms with E-state index in [1.807, 2.05) is 6.92 Å². The molecule has 1 spiro atoms. The van der Waals surface area contributed by atoms with Gasteiger partial charge in [-0.1, -0.05) is 13.8 Å². The predicted molar refractivity (Wildman–Crippen MR) is 102 cm³/mol. The highest BCUT2D eigenvalue weighted by atomic mass is 16.7. The zero-order chi connectivity index (χ0) is 21.2. The van der Waals surface area contributed by atoms with Gasteiger partial charge < -0.3 is 29.2 Å². The van der Waals surface area contributed by atoms with Crippen LogP contribution < -0.4 is 0 Å². The van der Waals surface area contributed by atoms with E-state index in [-0.39, 0.29) is 29.9 Å². The second-order valence-corrected chi connectivity index (χ2v) is 9.63. The summed E-state index contributed by atoms with van der Waals surface area (Å²) >= 11 is 0. The van der Waals surface area contributed by atoms with Gasteiger partial charge in [-0.05, 0) is 32.7 Å². The maximum atomic E-state index is 12.2. The van der Waals surface area contributed by atoms with Gasteiger partial charge in [0.2, 0.25) is 11.5 Å². The fraction of sp³-hybridized carbons (Fsp3) is 0.773. The van der Waals surface area contributed by atoms with Crippen LogP contribution in [-0.2, 0) is 23.7 Å². The second kappa shape index (κ2) is 5.79. The monoisotopic (exact) mass is 419 g/mol. The number of methoxy groups -OCH3 is 1. The Morgan fingerprint density at radius 2 is 2.13 bits per heavy atom. The fourth-order valence-electron chi connectivity index (χ4n) is 7.69. The molecule has 0 saturated carbocycles. The molecular formula is C22H29NO7. The first-order valence-electron chi connectivity index (χ1n) is 11.0. The number of ether oxygens (including phenoxy) is 4. The van der Waals surface area contributed by atoms with Crippen LogP contribution in [0.1, 0.15) is 40.0 Å². The van der Waals surface area contributed by atoms with Gasteiger partial charge in [-0.25, -0.2) is 4.79 Å². The average Bonchev–Trinajstić information content (AvgIpc) is 3.45. The van der Waals surface area contributed by atoms with E-state index in [2.05, 4.69) is 11.8 Å². The van der Waals surface area contributed by atoms with E-state index in [1.54, 1.807) is 6.92 Å². The van der Waals surface area contributed by atoms with Gasteiger partial charge in [-0.15, -0.1) is 0 Å². The molecular weight excluding hydrogens is 390 g/mol. The lowest BCUT2D eigenvalue weighted by Crippen LogP contribution is -2.67. The number of cyclic esters (lactones) is 1. The normalized spacial score (nSPS) is 52.0. The van der Waals surface area contributed by atoms with Gasteiger partial charge in [0.25, 0.3) is 0 Å². The third-order valence-electron chi connectivity index (χ3n) is 8.73. The predicted octanol–water partition coefficient (Wildman–Crippen LogP) is 1.03. The van der Waals surface area contributed by atoms with Crippen molar-refractivity contribution in [1.82, 2.24) is 4.90 Å². The summed E-state index contributed by atoms with van der Waals surface area (Å²) in [4.78, 5) is 14.6. The number of fused-ring (bicyclic) bond motifs is 1. The van der Waals surface area contributed by atoms with Crippen LogP contribution in [0.2, 0.25) is 0 Å². The minimum Gasteiger partial charge on any atom is -0.492 e. The Kier molecular flexibility index (Phi) is 3.69. The van der Waals surface area contributed by atoms with Gasteiger partial charge in [0.1, 0.15) is 11.9 Å². The van der Waals surface area contributed by atoms with Crippen molar-refractivity contribution in [2.75, 3.05) is 13.7 Å². The van der Waals surface area contributed by atoms with Crippen LogP contribution in [0, 0.1) is 17.8 Å². The van der Waals surface area contributed by atoms with Crippen molar-refractivity contribution in [3.05, 3.63) is 22.9 Å². The summed E-state index contributed by atoms with van der Waals surface area (Å²) in [5.41, 5.74) is -0.181. The molecule has 30 heavy (non-hydrogen) atoms. The molecule has 164 valence electrons. The van der Waals surface area contributed by atoms with E-state index in [9.17, 15) is 15.0 Å². The van der Waals surface area contributed by atoms with Gasteiger partial charge >= 0.3 is 5.97 Å². The highest BCUT2D eigenvalue weighted by molar-refractivity contribution is 5.93. The lowest BCUT2D eigenvalue weighted by Gasteiger charge is -2.50. The first-order valence-corrected chi connectivity index (χ1v) is 11.0. The summed E-state index contributed by atoms with van der Waals surface area (Å²) in [5.74, 6) is 0.0837. The van der Waals surface area contributed by atoms with Crippen molar-refractivity contribution in [2.24, 2.45) is 17.8 Å². The maximum absolute atomic E-state index is 12.2. The third kappa shape index (κ3) is 1.79. The molecule has 8 nitrogen and oxygen atoms in total. The molecule has 0 aromatic rings. The van der Waals surface area contributed by atoms with Crippen LogP contribution in [0.4, 0.5) is 0 Å². The fourth-order valence-corrected chi connectivity index (χ4v) is 7.69. The molecule has 8 heteroatoms. The summed E-state index contributed by atoms with van der Waals surface area (Å²) in [6.45, 7) is 6.54. The number of allylic oxidation sites excluding steroid dienone is 1. The molecule has 5 saturated heterocycles. The minimum atomic E-state index is -0.887. The first kappa shape index (κ1) is 19.1. The molecule has 6 rings (SSSR count). The largest absolute Gasteiger partial charge is 0.492 e. The average molecular weight is 419 g/mol. The number of carbonyl (C=O) groups excluding carboxylic acids is 1. The highest BCUT2D eigenvalue weighted by Crippen LogP contribution is 2.73. The summed E-state index contributed by atoms with van der Waals surface area (Å²) in [5, 5.41) is 21.8. The Hall–Kier alpha value is -1.61. The zero-order valence-corrected chi connectivity index (χ0v) is 17.8. The Bertz CT molecular complexity index is 898. The lowest BCUT2D eigenvalue weighted by molar-refractivity contribution is -0.257. The second-order valence-electron chi connectivity index (χ2n) is 9.63. The molecule has 9 unspecified atom stereocenters. The van der Waals surface area contributed by atoms with Gasteiger partial charge in [0, 0.05) is 17.9 Å². The summed E-state index contributed by atoms with van der Waals surface area (Å²) in [6.07, 6.45) is 0.284. The SMILES string of the molecule is CCC(O)C(O)C12C3CC4C5C(C)/C(=C6/OC(=O)C(C)=C6OC)O[C@]5(O3)C1CCN42. The van der Waals surface area contributed by atoms with Crippen LogP contribution in [0.25, 0.3) is 0 Å². The first-order chi connectivity index (χ1) is 14.3. The van der Waals surface area contributed by atoms with E-state index in [0.717, 1.165) is 19.4 Å². The Balaban J connectivity index is 1.48. The maximum Gasteiger partial charge on any atom is 0.343 e. The molecule has 6 aliphatic heterocycles. The molecule has 0 amide bonds. The van der Waals surface area contributed by atoms with Crippen molar-refractivity contribution in [3.63, 3.8) is 0 Å². The van der Waals surface area contributed by atoms with Crippen molar-refractivity contribution >= 4 is 5.97 Å². The summed E-state index contributed by atoms with van der Waals surface area (Å²) < 4.78 is 24.3. The Morgan fingerprint density at radius 1 is 1.37 bits per heavy atom. The van der Waals surface area contributed by atoms with Crippen LogP contribution >= 0.6 is 0 Å². The van der Waals surface area contributed by atoms with E-state index in [1.165, 1.54) is 7.11 Å². The molecule has 6 aliphatic rings. The molecule has 0 aromatic carbocycles. The number of piperidine rings is 1. The Labute approximate surface area is 175 Å². The van der Waals surface area contributed by atoms with E-state index in [0.29, 0.717) is 29.3 Å². The van der Waals surface area contributed by atoms with E-state index in [4.69, 9.17) is 18.9 Å². The number of nitrogens with zero attached hydrogens (tertiary/aromatic N) is 1. The number of rotatable bonds is 4. The summed E-state index contributed by atoms with van der Waals surface area (Å²) in [7, 11) is 1.52. The number of aliphatic hydroxyl groups is 2. The number of esters is 1. The molecule has 5 fully saturated rings. The summed E-state index contributed by atoms with van der Waals surface area (Å²) in [6, 6.07) is 0.197. The molecule has 0 aromatic heterocycles. The van der Waals surface area contributed by atoms with Crippen molar-refractivity contribution in [1.29, 1.82) is 0 Å². The number of hydrogen-bond acceptors (Lipinski definition) is 8. The highest BCUT2D eigenvalue weighted by Gasteiger charge is 2.86. The lowest BCUT2D eigenvalue weighted by atomic mass is 9.68. The number of carbonyl (C=O) groups is 1. The quantitative estimate of drug-likeness (QED) is 0.653. The van der Waals surface area contributed by atoms with Crippen molar-refractivity contribution in [2.45, 2.75) is 75.7 Å².